The Balaban J connectivity index is 1.76. The lowest BCUT2D eigenvalue weighted by Crippen LogP contribution is -2.25. The number of hydrogen-bond acceptors (Lipinski definition) is 4. The summed E-state index contributed by atoms with van der Waals surface area (Å²) >= 11 is 1.57. The van der Waals surface area contributed by atoms with Gasteiger partial charge in [0, 0.05) is 30.6 Å². The average molecular weight is 262 g/mol. The van der Waals surface area contributed by atoms with Crippen molar-refractivity contribution >= 4 is 22.4 Å². The number of aromatic amines is 1. The van der Waals surface area contributed by atoms with Gasteiger partial charge < -0.3 is 9.88 Å². The monoisotopic (exact) mass is 262 g/mol. The minimum Gasteiger partial charge on any atom is -0.357 e. The zero-order chi connectivity index (χ0) is 12.5. The molecular weight excluding hydrogens is 248 g/mol. The molecule has 0 radical (unpaired) electrons. The van der Waals surface area contributed by atoms with Gasteiger partial charge in [0.05, 0.1) is 5.69 Å². The summed E-state index contributed by atoms with van der Waals surface area (Å²) in [4.78, 5) is 22.7. The van der Waals surface area contributed by atoms with Crippen molar-refractivity contribution in [2.75, 3.05) is 18.9 Å². The lowest BCUT2D eigenvalue weighted by Gasteiger charge is -2.20. The molecule has 5 nitrogen and oxygen atoms in total. The van der Waals surface area contributed by atoms with Crippen LogP contribution in [0, 0.1) is 0 Å². The summed E-state index contributed by atoms with van der Waals surface area (Å²) in [6, 6.07) is 3.55. The van der Waals surface area contributed by atoms with E-state index >= 15 is 0 Å². The number of nitrogens with zero attached hydrogens (tertiary/aromatic N) is 2. The molecule has 0 aliphatic carbocycles. The lowest BCUT2D eigenvalue weighted by molar-refractivity contribution is 0.102. The molecule has 94 valence electrons. The van der Waals surface area contributed by atoms with Crippen molar-refractivity contribution in [3.63, 3.8) is 0 Å². The largest absolute Gasteiger partial charge is 0.357 e. The molecule has 0 spiro atoms. The summed E-state index contributed by atoms with van der Waals surface area (Å²) in [5.74, 6) is -0.139. The highest BCUT2D eigenvalue weighted by atomic mass is 32.1. The second kappa shape index (κ2) is 4.55. The molecule has 1 aliphatic rings. The SMILES string of the molecule is CN1CCc2nc(NC(=O)c3ccc[nH]3)sc2C1. The molecule has 0 fully saturated rings. The van der Waals surface area contributed by atoms with Crippen molar-refractivity contribution in [1.29, 1.82) is 0 Å². The molecule has 2 aromatic heterocycles. The molecule has 2 N–H and O–H groups in total. The topological polar surface area (TPSA) is 61.0 Å². The van der Waals surface area contributed by atoms with Gasteiger partial charge in [-0.25, -0.2) is 4.98 Å². The van der Waals surface area contributed by atoms with Crippen LogP contribution in [0.15, 0.2) is 18.3 Å². The highest BCUT2D eigenvalue weighted by Gasteiger charge is 2.19. The number of H-pyrrole nitrogens is 1. The molecule has 0 saturated carbocycles. The van der Waals surface area contributed by atoms with E-state index in [1.54, 1.807) is 29.7 Å². The molecule has 2 aromatic rings. The quantitative estimate of drug-likeness (QED) is 0.866. The standard InChI is InChI=1S/C12H14N4OS/c1-16-6-4-8-10(7-16)18-12(14-8)15-11(17)9-3-2-5-13-9/h2-3,5,13H,4,6-7H2,1H3,(H,14,15,17). The Morgan fingerprint density at radius 3 is 3.28 bits per heavy atom. The molecule has 0 atom stereocenters. The smallest absolute Gasteiger partial charge is 0.273 e. The third-order valence-corrected chi connectivity index (χ3v) is 3.98. The van der Waals surface area contributed by atoms with Gasteiger partial charge in [-0.2, -0.15) is 0 Å². The number of thiazole rings is 1. The van der Waals surface area contributed by atoms with Crippen LogP contribution in [0.3, 0.4) is 0 Å². The van der Waals surface area contributed by atoms with Gasteiger partial charge in [0.1, 0.15) is 5.69 Å². The Morgan fingerprint density at radius 1 is 1.61 bits per heavy atom. The fourth-order valence-corrected chi connectivity index (χ4v) is 3.10. The van der Waals surface area contributed by atoms with Gasteiger partial charge >= 0.3 is 0 Å². The fraction of sp³-hybridized carbons (Fsp3) is 0.333. The van der Waals surface area contributed by atoms with Crippen LogP contribution in [0.4, 0.5) is 5.13 Å². The van der Waals surface area contributed by atoms with E-state index in [0.29, 0.717) is 10.8 Å². The lowest BCUT2D eigenvalue weighted by atomic mass is 10.2. The number of likely N-dealkylation sites (N-methyl/N-ethyl adjacent to an activating group) is 1. The second-order valence-corrected chi connectivity index (χ2v) is 5.50. The van der Waals surface area contributed by atoms with Crippen molar-refractivity contribution < 1.29 is 4.79 Å². The van der Waals surface area contributed by atoms with Crippen molar-refractivity contribution in [3.8, 4) is 0 Å². The van der Waals surface area contributed by atoms with Gasteiger partial charge in [0.2, 0.25) is 0 Å². The number of fused-ring (bicyclic) bond motifs is 1. The number of carbonyl (C=O) groups is 1. The first-order valence-corrected chi connectivity index (χ1v) is 6.66. The van der Waals surface area contributed by atoms with Crippen LogP contribution in [0.2, 0.25) is 0 Å². The van der Waals surface area contributed by atoms with Crippen molar-refractivity contribution in [2.24, 2.45) is 0 Å². The maximum atomic E-state index is 11.9. The molecule has 0 unspecified atom stereocenters. The van der Waals surface area contributed by atoms with Gasteiger partial charge in [-0.15, -0.1) is 11.3 Å². The molecule has 0 aromatic carbocycles. The number of nitrogens with one attached hydrogen (secondary N) is 2. The zero-order valence-corrected chi connectivity index (χ0v) is 10.9. The highest BCUT2D eigenvalue weighted by Crippen LogP contribution is 2.27. The van der Waals surface area contributed by atoms with Crippen molar-refractivity contribution in [2.45, 2.75) is 13.0 Å². The van der Waals surface area contributed by atoms with Crippen LogP contribution in [0.5, 0.6) is 0 Å². The molecule has 3 rings (SSSR count). The normalized spacial score (nSPS) is 15.4. The van der Waals surface area contributed by atoms with Crippen LogP contribution in [0.1, 0.15) is 21.1 Å². The van der Waals surface area contributed by atoms with Crippen molar-refractivity contribution in [1.82, 2.24) is 14.9 Å². The maximum absolute atomic E-state index is 11.9. The van der Waals surface area contributed by atoms with Gasteiger partial charge in [0.15, 0.2) is 5.13 Å². The number of hydrogen-bond donors (Lipinski definition) is 2. The van der Waals surface area contributed by atoms with Gasteiger partial charge in [-0.3, -0.25) is 10.1 Å². The fourth-order valence-electron chi connectivity index (χ4n) is 2.01. The van der Waals surface area contributed by atoms with Gasteiger partial charge in [-0.05, 0) is 19.2 Å². The number of rotatable bonds is 2. The minimum absolute atomic E-state index is 0.139. The third kappa shape index (κ3) is 2.16. The molecule has 6 heteroatoms. The van der Waals surface area contributed by atoms with Gasteiger partial charge in [0.25, 0.3) is 5.91 Å². The van der Waals surface area contributed by atoms with E-state index in [0.717, 1.165) is 25.2 Å². The first kappa shape index (κ1) is 11.4. The summed E-state index contributed by atoms with van der Waals surface area (Å²) in [5.41, 5.74) is 1.68. The van der Waals surface area contributed by atoms with Crippen molar-refractivity contribution in [3.05, 3.63) is 34.6 Å². The number of aromatic nitrogens is 2. The first-order chi connectivity index (χ1) is 8.72. The Bertz CT molecular complexity index is 561. The maximum Gasteiger partial charge on any atom is 0.273 e. The van der Waals surface area contributed by atoms with E-state index in [-0.39, 0.29) is 5.91 Å². The molecule has 0 saturated heterocycles. The Labute approximate surface area is 109 Å². The molecule has 18 heavy (non-hydrogen) atoms. The summed E-state index contributed by atoms with van der Waals surface area (Å²) in [5, 5.41) is 3.52. The number of anilines is 1. The second-order valence-electron chi connectivity index (χ2n) is 4.41. The number of amides is 1. The van der Waals surface area contributed by atoms with Crippen LogP contribution in [-0.4, -0.2) is 34.4 Å². The minimum atomic E-state index is -0.139. The van der Waals surface area contributed by atoms with Crippen LogP contribution < -0.4 is 5.32 Å². The van der Waals surface area contributed by atoms with Crippen LogP contribution in [-0.2, 0) is 13.0 Å². The summed E-state index contributed by atoms with van der Waals surface area (Å²) in [6.07, 6.45) is 2.69. The molecule has 0 bridgehead atoms. The van der Waals surface area contributed by atoms with E-state index in [4.69, 9.17) is 0 Å². The highest BCUT2D eigenvalue weighted by molar-refractivity contribution is 7.15. The van der Waals surface area contributed by atoms with E-state index in [2.05, 4.69) is 27.2 Å². The predicted molar refractivity (Wildman–Crippen MR) is 70.9 cm³/mol. The Hall–Kier alpha value is -1.66. The van der Waals surface area contributed by atoms with E-state index in [1.807, 2.05) is 0 Å². The molecule has 1 amide bonds. The van der Waals surface area contributed by atoms with E-state index < -0.39 is 0 Å². The van der Waals surface area contributed by atoms with Gasteiger partial charge in [-0.1, -0.05) is 0 Å². The number of carbonyl (C=O) groups excluding carboxylic acids is 1. The molecule has 3 heterocycles. The van der Waals surface area contributed by atoms with E-state index in [1.165, 1.54) is 4.88 Å². The summed E-state index contributed by atoms with van der Waals surface area (Å²) in [7, 11) is 2.10. The summed E-state index contributed by atoms with van der Waals surface area (Å²) in [6.45, 7) is 1.95. The van der Waals surface area contributed by atoms with E-state index in [9.17, 15) is 4.79 Å². The average Bonchev–Trinajstić information content (AvgIpc) is 2.95. The van der Waals surface area contributed by atoms with Crippen LogP contribution >= 0.6 is 11.3 Å². The Morgan fingerprint density at radius 2 is 2.50 bits per heavy atom. The third-order valence-electron chi connectivity index (χ3n) is 2.99. The zero-order valence-electron chi connectivity index (χ0n) is 10.1. The molecule has 1 aliphatic heterocycles. The first-order valence-electron chi connectivity index (χ1n) is 5.84. The predicted octanol–water partition coefficient (Wildman–Crippen LogP) is 1.71. The summed E-state index contributed by atoms with van der Waals surface area (Å²) < 4.78 is 0. The molecular formula is C12H14N4OS. The Kier molecular flexibility index (Phi) is 2.89. The van der Waals surface area contributed by atoms with Crippen LogP contribution in [0.25, 0.3) is 0 Å².